The van der Waals surface area contributed by atoms with Gasteiger partial charge >= 0.3 is 0 Å². The molecular formula is C15H22O2. The van der Waals surface area contributed by atoms with Gasteiger partial charge in [0.1, 0.15) is 0 Å². The van der Waals surface area contributed by atoms with Gasteiger partial charge in [-0.2, -0.15) is 0 Å². The van der Waals surface area contributed by atoms with Crippen molar-refractivity contribution < 1.29 is 9.53 Å². The molecule has 0 radical (unpaired) electrons. The summed E-state index contributed by atoms with van der Waals surface area (Å²) in [5.74, 6) is 0.276. The fraction of sp³-hybridized carbons (Fsp3) is 0.667. The number of fused-ring (bicyclic) bond motifs is 1. The predicted molar refractivity (Wildman–Crippen MR) is 68.9 cm³/mol. The summed E-state index contributed by atoms with van der Waals surface area (Å²) in [4.78, 5) is 12.2. The molecule has 1 aliphatic heterocycles. The summed E-state index contributed by atoms with van der Waals surface area (Å²) in [5.41, 5.74) is 3.32. The standard InChI is InChI=1S/C15H22O2/c1-10(2)12-9-14-15(4,17-14)7-5-6-11(3)8-13(12)16/h6,14H,5,7-9H2,1-4H3/b11-6+/t14?,15-/m0/s1. The van der Waals surface area contributed by atoms with E-state index in [9.17, 15) is 4.79 Å². The van der Waals surface area contributed by atoms with Crippen molar-refractivity contribution in [3.8, 4) is 0 Å². The van der Waals surface area contributed by atoms with E-state index >= 15 is 0 Å². The average molecular weight is 234 g/mol. The molecule has 0 bridgehead atoms. The third-order valence-electron chi connectivity index (χ3n) is 3.94. The minimum Gasteiger partial charge on any atom is -0.366 e. The maximum atomic E-state index is 12.2. The van der Waals surface area contributed by atoms with Crippen LogP contribution >= 0.6 is 0 Å². The summed E-state index contributed by atoms with van der Waals surface area (Å²) in [6.07, 6.45) is 5.91. The van der Waals surface area contributed by atoms with Gasteiger partial charge in [0.15, 0.2) is 5.78 Å². The van der Waals surface area contributed by atoms with Crippen molar-refractivity contribution >= 4 is 5.78 Å². The summed E-state index contributed by atoms with van der Waals surface area (Å²) in [5, 5.41) is 0. The van der Waals surface area contributed by atoms with Gasteiger partial charge in [-0.3, -0.25) is 4.79 Å². The Labute approximate surface area is 104 Å². The van der Waals surface area contributed by atoms with Gasteiger partial charge in [0, 0.05) is 12.8 Å². The first-order valence-electron chi connectivity index (χ1n) is 6.45. The van der Waals surface area contributed by atoms with Gasteiger partial charge < -0.3 is 4.74 Å². The van der Waals surface area contributed by atoms with Crippen LogP contribution in [-0.2, 0) is 9.53 Å². The molecule has 2 atom stereocenters. The Balaban J connectivity index is 2.25. The van der Waals surface area contributed by atoms with Crippen molar-refractivity contribution in [1.29, 1.82) is 0 Å². The number of carbonyl (C=O) groups is 1. The molecule has 2 rings (SSSR count). The van der Waals surface area contributed by atoms with E-state index in [0.717, 1.165) is 30.4 Å². The molecule has 0 spiro atoms. The first-order chi connectivity index (χ1) is 7.92. The lowest BCUT2D eigenvalue weighted by Gasteiger charge is -2.12. The quantitative estimate of drug-likeness (QED) is 0.364. The smallest absolute Gasteiger partial charge is 0.162 e. The van der Waals surface area contributed by atoms with Crippen molar-refractivity contribution in [3.05, 3.63) is 22.8 Å². The number of hydrogen-bond donors (Lipinski definition) is 0. The maximum absolute atomic E-state index is 12.2. The van der Waals surface area contributed by atoms with E-state index in [0.29, 0.717) is 6.42 Å². The SMILES string of the molecule is CC(C)=C1CC2O[C@@]2(C)CC/C=C(\C)CC1=O. The van der Waals surface area contributed by atoms with E-state index in [-0.39, 0.29) is 17.5 Å². The average Bonchev–Trinajstić information content (AvgIpc) is 2.84. The predicted octanol–water partition coefficient (Wildman–Crippen LogP) is 3.57. The first kappa shape index (κ1) is 12.6. The number of Topliss-reactive ketones (excluding diaryl/α,β-unsaturated/α-hetero) is 1. The molecule has 1 fully saturated rings. The number of allylic oxidation sites excluding steroid dienone is 3. The third-order valence-corrected chi connectivity index (χ3v) is 3.94. The third kappa shape index (κ3) is 2.68. The van der Waals surface area contributed by atoms with Crippen molar-refractivity contribution in [3.63, 3.8) is 0 Å². The van der Waals surface area contributed by atoms with E-state index in [4.69, 9.17) is 4.74 Å². The highest BCUT2D eigenvalue weighted by Crippen LogP contribution is 2.45. The molecule has 94 valence electrons. The highest BCUT2D eigenvalue weighted by Gasteiger charge is 2.51. The molecule has 2 heteroatoms. The second-order valence-corrected chi connectivity index (χ2v) is 5.79. The van der Waals surface area contributed by atoms with Crippen molar-refractivity contribution in [2.45, 2.75) is 65.1 Å². The second-order valence-electron chi connectivity index (χ2n) is 5.79. The van der Waals surface area contributed by atoms with Crippen LogP contribution in [0.25, 0.3) is 0 Å². The van der Waals surface area contributed by atoms with Crippen molar-refractivity contribution in [1.82, 2.24) is 0 Å². The zero-order chi connectivity index (χ0) is 12.6. The Morgan fingerprint density at radius 3 is 2.82 bits per heavy atom. The molecule has 1 aliphatic carbocycles. The van der Waals surface area contributed by atoms with Crippen LogP contribution in [0.4, 0.5) is 0 Å². The molecule has 17 heavy (non-hydrogen) atoms. The summed E-state index contributed by atoms with van der Waals surface area (Å²) in [6.45, 7) is 8.26. The zero-order valence-corrected chi connectivity index (χ0v) is 11.3. The molecule has 1 unspecified atom stereocenters. The van der Waals surface area contributed by atoms with Crippen LogP contribution in [0.1, 0.15) is 53.4 Å². The molecule has 2 nitrogen and oxygen atoms in total. The van der Waals surface area contributed by atoms with Crippen LogP contribution in [0.2, 0.25) is 0 Å². The van der Waals surface area contributed by atoms with Gasteiger partial charge in [0.2, 0.25) is 0 Å². The largest absolute Gasteiger partial charge is 0.366 e. The minimum absolute atomic E-state index is 0.00903. The van der Waals surface area contributed by atoms with Crippen LogP contribution in [0.3, 0.4) is 0 Å². The first-order valence-corrected chi connectivity index (χ1v) is 6.45. The summed E-state index contributed by atoms with van der Waals surface area (Å²) in [6, 6.07) is 0. The van der Waals surface area contributed by atoms with Gasteiger partial charge in [-0.15, -0.1) is 0 Å². The monoisotopic (exact) mass is 234 g/mol. The van der Waals surface area contributed by atoms with Crippen LogP contribution in [-0.4, -0.2) is 17.5 Å². The topological polar surface area (TPSA) is 29.6 Å². The molecular weight excluding hydrogens is 212 g/mol. The lowest BCUT2D eigenvalue weighted by atomic mass is 9.89. The number of carbonyl (C=O) groups excluding carboxylic acids is 1. The van der Waals surface area contributed by atoms with E-state index in [1.54, 1.807) is 0 Å². The normalized spacial score (nSPS) is 36.9. The van der Waals surface area contributed by atoms with Gasteiger partial charge in [-0.05, 0) is 46.1 Å². The molecule has 0 aromatic carbocycles. The Morgan fingerprint density at radius 2 is 2.18 bits per heavy atom. The molecule has 0 N–H and O–H groups in total. The maximum Gasteiger partial charge on any atom is 0.162 e. The molecule has 0 aromatic heterocycles. The number of ether oxygens (including phenoxy) is 1. The highest BCUT2D eigenvalue weighted by molar-refractivity contribution is 5.97. The Kier molecular flexibility index (Phi) is 3.26. The fourth-order valence-corrected chi connectivity index (χ4v) is 2.59. The summed E-state index contributed by atoms with van der Waals surface area (Å²) in [7, 11) is 0. The summed E-state index contributed by atoms with van der Waals surface area (Å²) >= 11 is 0. The van der Waals surface area contributed by atoms with E-state index in [2.05, 4.69) is 19.9 Å². The number of rotatable bonds is 0. The van der Waals surface area contributed by atoms with Crippen LogP contribution in [0.15, 0.2) is 22.8 Å². The molecule has 1 heterocycles. The van der Waals surface area contributed by atoms with Gasteiger partial charge in [0.05, 0.1) is 11.7 Å². The minimum atomic E-state index is 0.00903. The van der Waals surface area contributed by atoms with Crippen molar-refractivity contribution in [2.75, 3.05) is 0 Å². The Morgan fingerprint density at radius 1 is 1.47 bits per heavy atom. The van der Waals surface area contributed by atoms with Gasteiger partial charge in [0.25, 0.3) is 0 Å². The molecule has 0 saturated carbocycles. The van der Waals surface area contributed by atoms with Crippen LogP contribution < -0.4 is 0 Å². The van der Waals surface area contributed by atoms with E-state index < -0.39 is 0 Å². The van der Waals surface area contributed by atoms with E-state index in [1.165, 1.54) is 5.57 Å². The molecule has 0 aromatic rings. The zero-order valence-electron chi connectivity index (χ0n) is 11.3. The molecule has 2 aliphatic rings. The lowest BCUT2D eigenvalue weighted by Crippen LogP contribution is -2.15. The van der Waals surface area contributed by atoms with Crippen molar-refractivity contribution in [2.24, 2.45) is 0 Å². The van der Waals surface area contributed by atoms with Gasteiger partial charge in [-0.25, -0.2) is 0 Å². The lowest BCUT2D eigenvalue weighted by molar-refractivity contribution is -0.115. The van der Waals surface area contributed by atoms with E-state index in [1.807, 2.05) is 13.8 Å². The number of hydrogen-bond acceptors (Lipinski definition) is 2. The Hall–Kier alpha value is -0.890. The molecule has 0 amide bonds. The fourth-order valence-electron chi connectivity index (χ4n) is 2.59. The van der Waals surface area contributed by atoms with Gasteiger partial charge in [-0.1, -0.05) is 17.2 Å². The highest BCUT2D eigenvalue weighted by atomic mass is 16.6. The molecule has 1 saturated heterocycles. The number of epoxide rings is 1. The van der Waals surface area contributed by atoms with Crippen LogP contribution in [0.5, 0.6) is 0 Å². The summed E-state index contributed by atoms with van der Waals surface area (Å²) < 4.78 is 5.78. The van der Waals surface area contributed by atoms with Crippen LogP contribution in [0, 0.1) is 0 Å². The number of ketones is 1. The second kappa shape index (κ2) is 4.41. The Bertz CT molecular complexity index is 399.